The first-order valence-corrected chi connectivity index (χ1v) is 4.94. The molecule has 0 spiro atoms. The van der Waals surface area contributed by atoms with Crippen LogP contribution in [0.3, 0.4) is 0 Å². The van der Waals surface area contributed by atoms with E-state index in [9.17, 15) is 9.59 Å². The number of amides is 2. The van der Waals surface area contributed by atoms with E-state index in [1.165, 1.54) is 7.11 Å². The molecule has 92 valence electrons. The number of primary amides is 1. The minimum absolute atomic E-state index is 0.200. The van der Waals surface area contributed by atoms with Crippen LogP contribution in [-0.2, 0) is 9.59 Å². The van der Waals surface area contributed by atoms with Crippen molar-refractivity contribution in [3.63, 3.8) is 0 Å². The predicted octanol–water partition coefficient (Wildman–Crippen LogP) is -0.324. The quantitative estimate of drug-likeness (QED) is 0.710. The lowest BCUT2D eigenvalue weighted by Gasteiger charge is -2.09. The molecule has 0 bridgehead atoms. The Kier molecular flexibility index (Phi) is 4.80. The second kappa shape index (κ2) is 6.37. The third kappa shape index (κ3) is 4.42. The zero-order valence-corrected chi connectivity index (χ0v) is 9.43. The Hall–Kier alpha value is -2.24. The Morgan fingerprint density at radius 3 is 2.53 bits per heavy atom. The van der Waals surface area contributed by atoms with Crippen LogP contribution in [0.1, 0.15) is 0 Å². The lowest BCUT2D eigenvalue weighted by atomic mass is 10.3. The fourth-order valence-electron chi connectivity index (χ4n) is 1.12. The maximum absolute atomic E-state index is 11.2. The van der Waals surface area contributed by atoms with Gasteiger partial charge in [-0.2, -0.15) is 0 Å². The molecule has 17 heavy (non-hydrogen) atoms. The molecule has 6 nitrogen and oxygen atoms in total. The molecule has 0 radical (unpaired) electrons. The van der Waals surface area contributed by atoms with E-state index in [0.29, 0.717) is 11.5 Å². The van der Waals surface area contributed by atoms with E-state index in [4.69, 9.17) is 15.2 Å². The van der Waals surface area contributed by atoms with Gasteiger partial charge < -0.3 is 20.5 Å². The average molecular weight is 238 g/mol. The number of para-hydroxylation sites is 2. The third-order valence-corrected chi connectivity index (χ3v) is 1.89. The van der Waals surface area contributed by atoms with Gasteiger partial charge >= 0.3 is 0 Å². The number of hydrogen-bond donors (Lipinski definition) is 2. The highest BCUT2D eigenvalue weighted by atomic mass is 16.5. The van der Waals surface area contributed by atoms with Crippen LogP contribution in [0.2, 0.25) is 0 Å². The monoisotopic (exact) mass is 238 g/mol. The van der Waals surface area contributed by atoms with Gasteiger partial charge in [0.1, 0.15) is 0 Å². The van der Waals surface area contributed by atoms with Crippen LogP contribution in [0, 0.1) is 0 Å². The van der Waals surface area contributed by atoms with Crippen molar-refractivity contribution >= 4 is 11.8 Å². The zero-order valence-electron chi connectivity index (χ0n) is 9.43. The van der Waals surface area contributed by atoms with Gasteiger partial charge in [0, 0.05) is 0 Å². The molecule has 0 saturated heterocycles. The van der Waals surface area contributed by atoms with Crippen molar-refractivity contribution < 1.29 is 19.1 Å². The fraction of sp³-hybridized carbons (Fsp3) is 0.273. The number of carbonyl (C=O) groups is 2. The van der Waals surface area contributed by atoms with Crippen LogP contribution >= 0.6 is 0 Å². The average Bonchev–Trinajstić information content (AvgIpc) is 2.34. The molecule has 3 N–H and O–H groups in total. The Morgan fingerprint density at radius 2 is 1.94 bits per heavy atom. The van der Waals surface area contributed by atoms with Gasteiger partial charge in [-0.05, 0) is 12.1 Å². The summed E-state index contributed by atoms with van der Waals surface area (Å²) in [5.74, 6) is -0.0234. The molecule has 0 aromatic heterocycles. The summed E-state index contributed by atoms with van der Waals surface area (Å²) in [4.78, 5) is 21.7. The third-order valence-electron chi connectivity index (χ3n) is 1.89. The number of nitrogens with one attached hydrogen (secondary N) is 1. The molecule has 2 amide bonds. The summed E-state index contributed by atoms with van der Waals surface area (Å²) >= 11 is 0. The maximum Gasteiger partial charge on any atom is 0.258 e. The molecule has 0 aliphatic carbocycles. The fourth-order valence-corrected chi connectivity index (χ4v) is 1.12. The topological polar surface area (TPSA) is 90.7 Å². The molecular formula is C11H14N2O4. The minimum atomic E-state index is -0.601. The first-order chi connectivity index (χ1) is 8.13. The molecule has 0 fully saturated rings. The SMILES string of the molecule is COc1ccccc1OCC(=O)NCC(N)=O. The van der Waals surface area contributed by atoms with Gasteiger partial charge in [-0.15, -0.1) is 0 Å². The number of methoxy groups -OCH3 is 1. The molecule has 6 heteroatoms. The van der Waals surface area contributed by atoms with Crippen molar-refractivity contribution in [3.05, 3.63) is 24.3 Å². The number of nitrogens with two attached hydrogens (primary N) is 1. The number of carbonyl (C=O) groups excluding carboxylic acids is 2. The van der Waals surface area contributed by atoms with Crippen LogP contribution < -0.4 is 20.5 Å². The van der Waals surface area contributed by atoms with Crippen molar-refractivity contribution in [1.82, 2.24) is 5.32 Å². The summed E-state index contributed by atoms with van der Waals surface area (Å²) in [5.41, 5.74) is 4.88. The highest BCUT2D eigenvalue weighted by Crippen LogP contribution is 2.25. The van der Waals surface area contributed by atoms with Gasteiger partial charge in [0.2, 0.25) is 5.91 Å². The largest absolute Gasteiger partial charge is 0.493 e. The first kappa shape index (κ1) is 12.8. The highest BCUT2D eigenvalue weighted by molar-refractivity contribution is 5.84. The molecule has 0 saturated carbocycles. The number of hydrogen-bond acceptors (Lipinski definition) is 4. The molecule has 0 heterocycles. The Balaban J connectivity index is 2.44. The summed E-state index contributed by atoms with van der Waals surface area (Å²) < 4.78 is 10.3. The van der Waals surface area contributed by atoms with E-state index in [1.807, 2.05) is 0 Å². The van der Waals surface area contributed by atoms with E-state index in [-0.39, 0.29) is 13.2 Å². The molecule has 1 aromatic carbocycles. The highest BCUT2D eigenvalue weighted by Gasteiger charge is 2.06. The lowest BCUT2D eigenvalue weighted by molar-refractivity contribution is -0.126. The van der Waals surface area contributed by atoms with Gasteiger partial charge in [-0.3, -0.25) is 9.59 Å². The normalized spacial score (nSPS) is 9.47. The molecule has 1 aromatic rings. The minimum Gasteiger partial charge on any atom is -0.493 e. The van der Waals surface area contributed by atoms with Crippen molar-refractivity contribution in [2.45, 2.75) is 0 Å². The van der Waals surface area contributed by atoms with Crippen molar-refractivity contribution in [2.24, 2.45) is 5.73 Å². The van der Waals surface area contributed by atoms with E-state index in [1.54, 1.807) is 24.3 Å². The van der Waals surface area contributed by atoms with Gasteiger partial charge in [0.05, 0.1) is 13.7 Å². The Labute approximate surface area is 98.7 Å². The van der Waals surface area contributed by atoms with Crippen molar-refractivity contribution in [2.75, 3.05) is 20.3 Å². The smallest absolute Gasteiger partial charge is 0.258 e. The number of rotatable bonds is 6. The summed E-state index contributed by atoms with van der Waals surface area (Å²) in [7, 11) is 1.51. The van der Waals surface area contributed by atoms with E-state index < -0.39 is 11.8 Å². The van der Waals surface area contributed by atoms with Gasteiger partial charge in [-0.25, -0.2) is 0 Å². The number of ether oxygens (including phenoxy) is 2. The molecule has 0 aliphatic heterocycles. The van der Waals surface area contributed by atoms with Crippen molar-refractivity contribution in [1.29, 1.82) is 0 Å². The second-order valence-corrected chi connectivity index (χ2v) is 3.18. The number of benzene rings is 1. The molecular weight excluding hydrogens is 224 g/mol. The predicted molar refractivity (Wildman–Crippen MR) is 60.7 cm³/mol. The molecule has 0 unspecified atom stereocenters. The van der Waals surface area contributed by atoms with Crippen LogP contribution in [-0.4, -0.2) is 32.1 Å². The lowest BCUT2D eigenvalue weighted by Crippen LogP contribution is -2.36. The summed E-state index contributed by atoms with van der Waals surface area (Å²) in [5, 5.41) is 2.31. The van der Waals surface area contributed by atoms with Gasteiger partial charge in [-0.1, -0.05) is 12.1 Å². The van der Waals surface area contributed by atoms with Crippen molar-refractivity contribution in [3.8, 4) is 11.5 Å². The first-order valence-electron chi connectivity index (χ1n) is 4.94. The van der Waals surface area contributed by atoms with E-state index in [0.717, 1.165) is 0 Å². The standard InChI is InChI=1S/C11H14N2O4/c1-16-8-4-2-3-5-9(8)17-7-11(15)13-6-10(12)14/h2-5H,6-7H2,1H3,(H2,12,14)(H,13,15). The van der Waals surface area contributed by atoms with Crippen LogP contribution in [0.5, 0.6) is 11.5 Å². The zero-order chi connectivity index (χ0) is 12.7. The molecule has 1 rings (SSSR count). The van der Waals surface area contributed by atoms with Gasteiger partial charge in [0.15, 0.2) is 18.1 Å². The van der Waals surface area contributed by atoms with Crippen LogP contribution in [0.15, 0.2) is 24.3 Å². The maximum atomic E-state index is 11.2. The molecule has 0 atom stereocenters. The Morgan fingerprint density at radius 1 is 1.29 bits per heavy atom. The van der Waals surface area contributed by atoms with E-state index in [2.05, 4.69) is 5.32 Å². The van der Waals surface area contributed by atoms with Crippen LogP contribution in [0.4, 0.5) is 0 Å². The summed E-state index contributed by atoms with van der Waals surface area (Å²) in [6.45, 7) is -0.401. The van der Waals surface area contributed by atoms with Gasteiger partial charge in [0.25, 0.3) is 5.91 Å². The van der Waals surface area contributed by atoms with E-state index >= 15 is 0 Å². The Bertz CT molecular complexity index is 406. The van der Waals surface area contributed by atoms with Crippen LogP contribution in [0.25, 0.3) is 0 Å². The second-order valence-electron chi connectivity index (χ2n) is 3.18. The molecule has 0 aliphatic rings. The summed E-state index contributed by atoms with van der Waals surface area (Å²) in [6, 6.07) is 6.95. The summed E-state index contributed by atoms with van der Waals surface area (Å²) in [6.07, 6.45) is 0.